The van der Waals surface area contributed by atoms with Crippen molar-refractivity contribution in [3.8, 4) is 5.75 Å². The van der Waals surface area contributed by atoms with Crippen LogP contribution in [0.15, 0.2) is 41.9 Å². The molecule has 1 rings (SSSR count). The molecule has 0 aliphatic heterocycles. The van der Waals surface area contributed by atoms with Crippen LogP contribution in [-0.4, -0.2) is 44.7 Å². The highest BCUT2D eigenvalue weighted by Gasteiger charge is 2.04. The van der Waals surface area contributed by atoms with E-state index < -0.39 is 0 Å². The maximum atomic E-state index is 5.76. The average molecular weight is 289 g/mol. The van der Waals surface area contributed by atoms with Crippen LogP contribution < -0.4 is 10.1 Å². The summed E-state index contributed by atoms with van der Waals surface area (Å²) < 4.78 is 5.76. The second-order valence-corrected chi connectivity index (χ2v) is 4.94. The van der Waals surface area contributed by atoms with Crippen molar-refractivity contribution >= 4 is 5.96 Å². The van der Waals surface area contributed by atoms with Gasteiger partial charge in [-0.25, -0.2) is 0 Å². The number of unbranched alkanes of at least 4 members (excludes halogenated alkanes) is 1. The molecule has 0 aliphatic carbocycles. The van der Waals surface area contributed by atoms with E-state index in [0.29, 0.717) is 6.61 Å². The zero-order valence-electron chi connectivity index (χ0n) is 13.4. The van der Waals surface area contributed by atoms with Crippen molar-refractivity contribution in [2.75, 3.05) is 33.8 Å². The van der Waals surface area contributed by atoms with Gasteiger partial charge in [-0.2, -0.15) is 0 Å². The molecule has 21 heavy (non-hydrogen) atoms. The molecule has 0 spiro atoms. The summed E-state index contributed by atoms with van der Waals surface area (Å²) >= 11 is 0. The predicted octanol–water partition coefficient (Wildman–Crippen LogP) is 2.85. The Labute approximate surface area is 128 Å². The lowest BCUT2D eigenvalue weighted by Gasteiger charge is -2.22. The quantitative estimate of drug-likeness (QED) is 0.346. The Hall–Kier alpha value is -1.97. The first-order valence-electron chi connectivity index (χ1n) is 7.40. The Bertz CT molecular complexity index is 457. The van der Waals surface area contributed by atoms with Crippen molar-refractivity contribution < 1.29 is 4.74 Å². The highest BCUT2D eigenvalue weighted by atomic mass is 16.5. The Balaban J connectivity index is 2.29. The van der Waals surface area contributed by atoms with E-state index in [4.69, 9.17) is 4.74 Å². The molecular formula is C17H27N3O. The minimum absolute atomic E-state index is 0.615. The summed E-state index contributed by atoms with van der Waals surface area (Å²) in [6, 6.07) is 8.04. The van der Waals surface area contributed by atoms with Gasteiger partial charge in [0.05, 0.1) is 6.54 Å². The van der Waals surface area contributed by atoms with E-state index in [1.54, 1.807) is 7.05 Å². The van der Waals surface area contributed by atoms with Crippen LogP contribution in [0.25, 0.3) is 0 Å². The third kappa shape index (κ3) is 6.34. The molecule has 0 bridgehead atoms. The van der Waals surface area contributed by atoms with Gasteiger partial charge in [-0.05, 0) is 31.4 Å². The lowest BCUT2D eigenvalue weighted by Crippen LogP contribution is -2.41. The number of ether oxygens (including phenoxy) is 1. The van der Waals surface area contributed by atoms with Gasteiger partial charge < -0.3 is 15.0 Å². The zero-order valence-corrected chi connectivity index (χ0v) is 13.4. The lowest BCUT2D eigenvalue weighted by atomic mass is 10.2. The van der Waals surface area contributed by atoms with Crippen molar-refractivity contribution in [1.82, 2.24) is 10.2 Å². The molecule has 1 N–H and O–H groups in total. The highest BCUT2D eigenvalue weighted by molar-refractivity contribution is 5.79. The van der Waals surface area contributed by atoms with Crippen LogP contribution in [0.5, 0.6) is 5.75 Å². The Morgan fingerprint density at radius 1 is 1.43 bits per heavy atom. The largest absolute Gasteiger partial charge is 0.491 e. The number of nitrogens with zero attached hydrogens (tertiary/aromatic N) is 2. The molecule has 0 aromatic heterocycles. The molecule has 1 aromatic carbocycles. The number of aryl methyl sites for hydroxylation is 1. The number of allylic oxidation sites excluding steroid dienone is 1. The van der Waals surface area contributed by atoms with Crippen molar-refractivity contribution in [2.24, 2.45) is 4.99 Å². The smallest absolute Gasteiger partial charge is 0.193 e. The molecule has 0 fully saturated rings. The van der Waals surface area contributed by atoms with Gasteiger partial charge in [0.1, 0.15) is 12.4 Å². The van der Waals surface area contributed by atoms with Crippen LogP contribution in [0, 0.1) is 6.92 Å². The lowest BCUT2D eigenvalue weighted by molar-refractivity contribution is 0.317. The van der Waals surface area contributed by atoms with Crippen molar-refractivity contribution in [3.63, 3.8) is 0 Å². The van der Waals surface area contributed by atoms with E-state index in [0.717, 1.165) is 43.2 Å². The maximum Gasteiger partial charge on any atom is 0.193 e. The van der Waals surface area contributed by atoms with Crippen LogP contribution in [0.4, 0.5) is 0 Å². The van der Waals surface area contributed by atoms with E-state index in [2.05, 4.69) is 34.8 Å². The summed E-state index contributed by atoms with van der Waals surface area (Å²) in [6.45, 7) is 8.10. The normalized spacial score (nSPS) is 11.1. The molecule has 0 heterocycles. The molecule has 0 amide bonds. The van der Waals surface area contributed by atoms with E-state index in [9.17, 15) is 0 Å². The Kier molecular flexibility index (Phi) is 8.02. The number of para-hydroxylation sites is 1. The molecule has 0 radical (unpaired) electrons. The minimum atomic E-state index is 0.615. The van der Waals surface area contributed by atoms with Crippen LogP contribution >= 0.6 is 0 Å². The summed E-state index contributed by atoms with van der Waals surface area (Å²) in [5, 5.41) is 3.31. The fourth-order valence-corrected chi connectivity index (χ4v) is 2.01. The summed E-state index contributed by atoms with van der Waals surface area (Å²) in [6.07, 6.45) is 4.05. The molecule has 0 saturated carbocycles. The second-order valence-electron chi connectivity index (χ2n) is 4.94. The van der Waals surface area contributed by atoms with Gasteiger partial charge in [-0.1, -0.05) is 24.3 Å². The van der Waals surface area contributed by atoms with Gasteiger partial charge in [-0.3, -0.25) is 4.99 Å². The Morgan fingerprint density at radius 2 is 2.19 bits per heavy atom. The number of nitrogens with one attached hydrogen (secondary N) is 1. The molecule has 116 valence electrons. The number of hydrogen-bond donors (Lipinski definition) is 1. The number of guanidine groups is 1. The minimum Gasteiger partial charge on any atom is -0.491 e. The van der Waals surface area contributed by atoms with Crippen LogP contribution in [-0.2, 0) is 0 Å². The average Bonchev–Trinajstić information content (AvgIpc) is 2.49. The van der Waals surface area contributed by atoms with Gasteiger partial charge in [0.25, 0.3) is 0 Å². The van der Waals surface area contributed by atoms with E-state index in [1.807, 2.05) is 31.3 Å². The van der Waals surface area contributed by atoms with Crippen molar-refractivity contribution in [2.45, 2.75) is 19.8 Å². The standard InChI is InChI=1S/C17H27N3O/c1-5-6-9-13-20(4)17(18-3)19-12-14-21-16-11-8-7-10-15(16)2/h5,7-8,10-11H,1,6,9,12-14H2,2-4H3,(H,18,19). The van der Waals surface area contributed by atoms with Gasteiger partial charge in [0, 0.05) is 20.6 Å². The summed E-state index contributed by atoms with van der Waals surface area (Å²) in [5.41, 5.74) is 1.16. The molecule has 4 heteroatoms. The molecule has 0 aliphatic rings. The van der Waals surface area contributed by atoms with Crippen molar-refractivity contribution in [3.05, 3.63) is 42.5 Å². The van der Waals surface area contributed by atoms with Crippen LogP contribution in [0.3, 0.4) is 0 Å². The third-order valence-electron chi connectivity index (χ3n) is 3.21. The molecule has 0 unspecified atom stereocenters. The van der Waals surface area contributed by atoms with Gasteiger partial charge in [-0.15, -0.1) is 6.58 Å². The number of aliphatic imine (C=N–C) groups is 1. The topological polar surface area (TPSA) is 36.9 Å². The van der Waals surface area contributed by atoms with E-state index in [1.165, 1.54) is 0 Å². The zero-order chi connectivity index (χ0) is 15.5. The first-order valence-corrected chi connectivity index (χ1v) is 7.40. The second kappa shape index (κ2) is 9.86. The van der Waals surface area contributed by atoms with Crippen LogP contribution in [0.2, 0.25) is 0 Å². The third-order valence-corrected chi connectivity index (χ3v) is 3.21. The van der Waals surface area contributed by atoms with Crippen molar-refractivity contribution in [1.29, 1.82) is 0 Å². The van der Waals surface area contributed by atoms with Crippen LogP contribution in [0.1, 0.15) is 18.4 Å². The molecule has 1 aromatic rings. The molecular weight excluding hydrogens is 262 g/mol. The van der Waals surface area contributed by atoms with Gasteiger partial charge in [0.15, 0.2) is 5.96 Å². The fraction of sp³-hybridized carbons (Fsp3) is 0.471. The predicted molar refractivity (Wildman–Crippen MR) is 90.1 cm³/mol. The Morgan fingerprint density at radius 3 is 2.86 bits per heavy atom. The van der Waals surface area contributed by atoms with Gasteiger partial charge in [0.2, 0.25) is 0 Å². The number of rotatable bonds is 8. The summed E-state index contributed by atoms with van der Waals surface area (Å²) in [7, 11) is 3.84. The monoisotopic (exact) mass is 289 g/mol. The van der Waals surface area contributed by atoms with E-state index in [-0.39, 0.29) is 0 Å². The number of hydrogen-bond acceptors (Lipinski definition) is 2. The maximum absolute atomic E-state index is 5.76. The first kappa shape index (κ1) is 17.1. The molecule has 4 nitrogen and oxygen atoms in total. The first-order chi connectivity index (χ1) is 10.2. The highest BCUT2D eigenvalue weighted by Crippen LogP contribution is 2.15. The van der Waals surface area contributed by atoms with Gasteiger partial charge >= 0.3 is 0 Å². The number of benzene rings is 1. The van der Waals surface area contributed by atoms with E-state index >= 15 is 0 Å². The summed E-state index contributed by atoms with van der Waals surface area (Å²) in [5.74, 6) is 1.83. The molecule has 0 saturated heterocycles. The SMILES string of the molecule is C=CCCCN(C)C(=NC)NCCOc1ccccc1C. The summed E-state index contributed by atoms with van der Waals surface area (Å²) in [4.78, 5) is 6.40. The molecule has 0 atom stereocenters. The fourth-order valence-electron chi connectivity index (χ4n) is 2.01.